The maximum atomic E-state index is 6.41. The Balaban J connectivity index is 0.00000150. The van der Waals surface area contributed by atoms with Crippen LogP contribution in [0.15, 0.2) is 79.1 Å². The molecule has 29 heavy (non-hydrogen) atoms. The SMILES string of the molecule is Cl.Cl.N[C@@H]1CN(Cc2ccc(OCc3cccnc3)cc2)C[C@H]1c1ccccc1. The summed E-state index contributed by atoms with van der Waals surface area (Å²) in [6.45, 7) is 3.39. The van der Waals surface area contributed by atoms with E-state index < -0.39 is 0 Å². The molecule has 0 amide bonds. The van der Waals surface area contributed by atoms with Crippen LogP contribution in [0.1, 0.15) is 22.6 Å². The van der Waals surface area contributed by atoms with Gasteiger partial charge in [0.15, 0.2) is 0 Å². The maximum Gasteiger partial charge on any atom is 0.119 e. The van der Waals surface area contributed by atoms with Crippen LogP contribution in [0.3, 0.4) is 0 Å². The van der Waals surface area contributed by atoms with Gasteiger partial charge in [0.2, 0.25) is 0 Å². The molecule has 2 aromatic carbocycles. The lowest BCUT2D eigenvalue weighted by Gasteiger charge is -2.16. The highest BCUT2D eigenvalue weighted by Crippen LogP contribution is 2.27. The van der Waals surface area contributed by atoms with E-state index in [9.17, 15) is 0 Å². The second-order valence-corrected chi connectivity index (χ2v) is 7.17. The molecule has 0 aliphatic carbocycles. The lowest BCUT2D eigenvalue weighted by Crippen LogP contribution is -2.28. The van der Waals surface area contributed by atoms with Gasteiger partial charge >= 0.3 is 0 Å². The van der Waals surface area contributed by atoms with Gasteiger partial charge in [-0.15, -0.1) is 24.8 Å². The van der Waals surface area contributed by atoms with E-state index in [1.54, 1.807) is 6.20 Å². The number of benzene rings is 2. The van der Waals surface area contributed by atoms with E-state index in [0.29, 0.717) is 12.5 Å². The van der Waals surface area contributed by atoms with Crippen LogP contribution in [0.5, 0.6) is 5.75 Å². The van der Waals surface area contributed by atoms with E-state index in [2.05, 4.69) is 52.3 Å². The second-order valence-electron chi connectivity index (χ2n) is 7.17. The summed E-state index contributed by atoms with van der Waals surface area (Å²) in [5.74, 6) is 1.29. The van der Waals surface area contributed by atoms with Crippen LogP contribution in [-0.2, 0) is 13.2 Å². The smallest absolute Gasteiger partial charge is 0.119 e. The highest BCUT2D eigenvalue weighted by Gasteiger charge is 2.30. The first-order valence-electron chi connectivity index (χ1n) is 9.41. The summed E-state index contributed by atoms with van der Waals surface area (Å²) in [5.41, 5.74) is 10.1. The average molecular weight is 432 g/mol. The molecule has 1 fully saturated rings. The van der Waals surface area contributed by atoms with Crippen molar-refractivity contribution < 1.29 is 4.74 Å². The zero-order chi connectivity index (χ0) is 18.5. The van der Waals surface area contributed by atoms with Crippen LogP contribution in [0.25, 0.3) is 0 Å². The summed E-state index contributed by atoms with van der Waals surface area (Å²) >= 11 is 0. The normalized spacial score (nSPS) is 18.5. The second kappa shape index (κ2) is 11.2. The van der Waals surface area contributed by atoms with Crippen molar-refractivity contribution in [2.75, 3.05) is 13.1 Å². The van der Waals surface area contributed by atoms with Crippen LogP contribution in [0.4, 0.5) is 0 Å². The summed E-state index contributed by atoms with van der Waals surface area (Å²) in [6, 6.07) is 23.1. The van der Waals surface area contributed by atoms with Crippen molar-refractivity contribution in [1.29, 1.82) is 0 Å². The van der Waals surface area contributed by atoms with Crippen molar-refractivity contribution in [2.45, 2.75) is 25.1 Å². The van der Waals surface area contributed by atoms with Crippen molar-refractivity contribution >= 4 is 24.8 Å². The first-order valence-corrected chi connectivity index (χ1v) is 9.41. The van der Waals surface area contributed by atoms with Gasteiger partial charge in [0.05, 0.1) is 0 Å². The van der Waals surface area contributed by atoms with Gasteiger partial charge in [0.25, 0.3) is 0 Å². The number of aromatic nitrogens is 1. The summed E-state index contributed by atoms with van der Waals surface area (Å²) in [7, 11) is 0. The Labute approximate surface area is 184 Å². The minimum absolute atomic E-state index is 0. The lowest BCUT2D eigenvalue weighted by molar-refractivity contribution is 0.304. The monoisotopic (exact) mass is 431 g/mol. The van der Waals surface area contributed by atoms with E-state index in [1.165, 1.54) is 11.1 Å². The molecule has 0 radical (unpaired) electrons. The molecule has 0 saturated carbocycles. The Morgan fingerprint density at radius 2 is 1.66 bits per heavy atom. The molecule has 1 saturated heterocycles. The third-order valence-electron chi connectivity index (χ3n) is 5.13. The number of halogens is 2. The zero-order valence-corrected chi connectivity index (χ0v) is 17.8. The Hall–Kier alpha value is -2.11. The van der Waals surface area contributed by atoms with Crippen LogP contribution in [0.2, 0.25) is 0 Å². The van der Waals surface area contributed by atoms with Gasteiger partial charge in [0.1, 0.15) is 12.4 Å². The molecule has 4 nitrogen and oxygen atoms in total. The van der Waals surface area contributed by atoms with Crippen LogP contribution >= 0.6 is 24.8 Å². The fourth-order valence-electron chi connectivity index (χ4n) is 3.69. The number of nitrogens with zero attached hydrogens (tertiary/aromatic N) is 2. The van der Waals surface area contributed by atoms with E-state index in [1.807, 2.05) is 30.5 Å². The molecule has 154 valence electrons. The fourth-order valence-corrected chi connectivity index (χ4v) is 3.69. The third kappa shape index (κ3) is 6.18. The Morgan fingerprint density at radius 1 is 0.897 bits per heavy atom. The van der Waals surface area contributed by atoms with Gasteiger partial charge in [-0.3, -0.25) is 9.88 Å². The van der Waals surface area contributed by atoms with Gasteiger partial charge in [-0.05, 0) is 29.3 Å². The molecule has 0 bridgehead atoms. The highest BCUT2D eigenvalue weighted by molar-refractivity contribution is 5.85. The van der Waals surface area contributed by atoms with Gasteiger partial charge in [-0.25, -0.2) is 0 Å². The molecule has 4 rings (SSSR count). The zero-order valence-electron chi connectivity index (χ0n) is 16.2. The maximum absolute atomic E-state index is 6.41. The minimum atomic E-state index is 0. The van der Waals surface area contributed by atoms with Gasteiger partial charge < -0.3 is 10.5 Å². The van der Waals surface area contributed by atoms with Crippen molar-refractivity contribution in [3.05, 3.63) is 95.8 Å². The Morgan fingerprint density at radius 3 is 2.34 bits per heavy atom. The molecule has 1 aromatic heterocycles. The Kier molecular flexibility index (Phi) is 8.93. The quantitative estimate of drug-likeness (QED) is 0.626. The number of hydrogen-bond acceptors (Lipinski definition) is 4. The summed E-state index contributed by atoms with van der Waals surface area (Å²) in [5, 5.41) is 0. The van der Waals surface area contributed by atoms with E-state index in [0.717, 1.165) is 30.9 Å². The number of rotatable bonds is 6. The standard InChI is InChI=1S/C23H25N3O.2ClH/c24-23-16-26(15-22(23)20-6-2-1-3-7-20)14-18-8-10-21(11-9-18)27-17-19-5-4-12-25-13-19;;/h1-13,22-23H,14-17,24H2;2*1H/t22-,23+;;/m0../s1. The summed E-state index contributed by atoms with van der Waals surface area (Å²) < 4.78 is 5.84. The summed E-state index contributed by atoms with van der Waals surface area (Å²) in [4.78, 5) is 6.55. The molecule has 0 unspecified atom stereocenters. The van der Waals surface area contributed by atoms with Crippen molar-refractivity contribution in [3.63, 3.8) is 0 Å². The highest BCUT2D eigenvalue weighted by atomic mass is 35.5. The third-order valence-corrected chi connectivity index (χ3v) is 5.13. The number of pyridine rings is 1. The van der Waals surface area contributed by atoms with Crippen molar-refractivity contribution in [1.82, 2.24) is 9.88 Å². The van der Waals surface area contributed by atoms with E-state index in [-0.39, 0.29) is 30.9 Å². The molecular weight excluding hydrogens is 405 g/mol. The molecule has 1 aliphatic heterocycles. The number of nitrogens with two attached hydrogens (primary N) is 1. The minimum Gasteiger partial charge on any atom is -0.489 e. The van der Waals surface area contributed by atoms with E-state index in [4.69, 9.17) is 10.5 Å². The molecule has 2 atom stereocenters. The molecule has 6 heteroatoms. The first-order chi connectivity index (χ1) is 13.3. The predicted molar refractivity (Wildman–Crippen MR) is 122 cm³/mol. The molecule has 0 spiro atoms. The van der Waals surface area contributed by atoms with Crippen molar-refractivity contribution in [3.8, 4) is 5.75 Å². The Bertz CT molecular complexity index is 847. The van der Waals surface area contributed by atoms with Gasteiger partial charge in [-0.1, -0.05) is 48.5 Å². The molecule has 2 N–H and O–H groups in total. The predicted octanol–water partition coefficient (Wildman–Crippen LogP) is 4.43. The number of hydrogen-bond donors (Lipinski definition) is 1. The van der Waals surface area contributed by atoms with E-state index >= 15 is 0 Å². The molecule has 3 aromatic rings. The number of likely N-dealkylation sites (tertiary alicyclic amines) is 1. The number of ether oxygens (including phenoxy) is 1. The largest absolute Gasteiger partial charge is 0.489 e. The van der Waals surface area contributed by atoms with Gasteiger partial charge in [0, 0.05) is 49.6 Å². The van der Waals surface area contributed by atoms with Crippen LogP contribution in [-0.4, -0.2) is 29.0 Å². The molecule has 1 aliphatic rings. The molecular formula is C23H27Cl2N3O. The van der Waals surface area contributed by atoms with Crippen molar-refractivity contribution in [2.24, 2.45) is 5.73 Å². The average Bonchev–Trinajstić information content (AvgIpc) is 3.09. The fraction of sp³-hybridized carbons (Fsp3) is 0.261. The molecule has 2 heterocycles. The van der Waals surface area contributed by atoms with Gasteiger partial charge in [-0.2, -0.15) is 0 Å². The summed E-state index contributed by atoms with van der Waals surface area (Å²) in [6.07, 6.45) is 3.60. The van der Waals surface area contributed by atoms with Crippen LogP contribution in [0, 0.1) is 0 Å². The first kappa shape index (κ1) is 23.2. The topological polar surface area (TPSA) is 51.4 Å². The van der Waals surface area contributed by atoms with Crippen LogP contribution < -0.4 is 10.5 Å². The lowest BCUT2D eigenvalue weighted by atomic mass is 9.95.